The highest BCUT2D eigenvalue weighted by Crippen LogP contribution is 2.34. The van der Waals surface area contributed by atoms with E-state index in [1.165, 1.54) is 25.2 Å². The number of rotatable bonds is 13. The van der Waals surface area contributed by atoms with E-state index >= 15 is 0 Å². The number of methoxy groups -OCH3 is 2. The molecule has 0 saturated carbocycles. The van der Waals surface area contributed by atoms with Crippen LogP contribution in [0.1, 0.15) is 39.2 Å². The van der Waals surface area contributed by atoms with Gasteiger partial charge in [-0.2, -0.15) is 0 Å². The van der Waals surface area contributed by atoms with E-state index in [9.17, 15) is 18.0 Å². The second-order valence-corrected chi connectivity index (χ2v) is 10.5. The second kappa shape index (κ2) is 13.2. The third-order valence-electron chi connectivity index (χ3n) is 5.92. The average Bonchev–Trinajstić information content (AvgIpc) is 2.86. The highest BCUT2D eigenvalue weighted by Gasteiger charge is 2.33. The fraction of sp³-hybridized carbons (Fsp3) is 0.462. The molecule has 36 heavy (non-hydrogen) atoms. The van der Waals surface area contributed by atoms with Crippen LogP contribution in [0.2, 0.25) is 0 Å². The van der Waals surface area contributed by atoms with Gasteiger partial charge in [-0.3, -0.25) is 13.9 Å². The number of carbonyl (C=O) groups is 2. The molecule has 198 valence electrons. The average molecular weight is 520 g/mol. The van der Waals surface area contributed by atoms with Crippen LogP contribution in [0.4, 0.5) is 5.69 Å². The zero-order valence-corrected chi connectivity index (χ0v) is 22.7. The van der Waals surface area contributed by atoms with Gasteiger partial charge in [0, 0.05) is 18.7 Å². The van der Waals surface area contributed by atoms with Gasteiger partial charge in [0.15, 0.2) is 0 Å². The van der Waals surface area contributed by atoms with Crippen molar-refractivity contribution >= 4 is 27.5 Å². The number of benzene rings is 2. The van der Waals surface area contributed by atoms with Crippen LogP contribution in [0.5, 0.6) is 11.5 Å². The van der Waals surface area contributed by atoms with Gasteiger partial charge in [0.05, 0.1) is 26.2 Å². The number of amides is 2. The number of hydrogen-bond donors (Lipinski definition) is 1. The van der Waals surface area contributed by atoms with Crippen molar-refractivity contribution in [3.63, 3.8) is 0 Å². The molecule has 0 unspecified atom stereocenters. The maximum atomic E-state index is 13.8. The molecule has 0 bridgehead atoms. The summed E-state index contributed by atoms with van der Waals surface area (Å²) in [4.78, 5) is 28.3. The van der Waals surface area contributed by atoms with E-state index in [1.807, 2.05) is 51.1 Å². The maximum Gasteiger partial charge on any atom is 0.244 e. The summed E-state index contributed by atoms with van der Waals surface area (Å²) >= 11 is 0. The Morgan fingerprint density at radius 3 is 2.19 bits per heavy atom. The molecular weight excluding hydrogens is 482 g/mol. The smallest absolute Gasteiger partial charge is 0.244 e. The van der Waals surface area contributed by atoms with Crippen molar-refractivity contribution in [1.82, 2.24) is 10.2 Å². The zero-order chi connectivity index (χ0) is 26.9. The first-order valence-electron chi connectivity index (χ1n) is 11.9. The van der Waals surface area contributed by atoms with E-state index in [1.54, 1.807) is 12.1 Å². The molecule has 2 atom stereocenters. The lowest BCUT2D eigenvalue weighted by atomic mass is 10.1. The molecule has 0 aliphatic heterocycles. The van der Waals surface area contributed by atoms with Gasteiger partial charge in [0.1, 0.15) is 24.1 Å². The molecule has 0 radical (unpaired) electrons. The summed E-state index contributed by atoms with van der Waals surface area (Å²) in [5.41, 5.74) is 0.995. The number of anilines is 1. The molecule has 0 fully saturated rings. The lowest BCUT2D eigenvalue weighted by Gasteiger charge is -2.33. The van der Waals surface area contributed by atoms with Crippen molar-refractivity contribution in [3.05, 3.63) is 54.1 Å². The SMILES string of the molecule is CC[C@H](C(=O)N[C@@H](C)CC)N(Cc1ccccc1)C(=O)CN(c1cc(OC)ccc1OC)S(C)(=O)=O. The van der Waals surface area contributed by atoms with E-state index in [4.69, 9.17) is 9.47 Å². The summed E-state index contributed by atoms with van der Waals surface area (Å²) in [6, 6.07) is 13.2. The van der Waals surface area contributed by atoms with Gasteiger partial charge >= 0.3 is 0 Å². The maximum absolute atomic E-state index is 13.8. The number of carbonyl (C=O) groups excluding carboxylic acids is 2. The standard InChI is InChI=1S/C26H37N3O6S/c1-7-19(3)27-26(31)22(8-2)28(17-20-12-10-9-11-13-20)25(30)18-29(36(6,32)33)23-16-21(34-4)14-15-24(23)35-5/h9-16,19,22H,7-8,17-18H2,1-6H3,(H,27,31)/t19-,22+/m0/s1. The highest BCUT2D eigenvalue weighted by atomic mass is 32.2. The lowest BCUT2D eigenvalue weighted by Crippen LogP contribution is -2.53. The minimum Gasteiger partial charge on any atom is -0.497 e. The first kappa shape index (κ1) is 29.0. The largest absolute Gasteiger partial charge is 0.497 e. The van der Waals surface area contributed by atoms with Crippen LogP contribution in [-0.2, 0) is 26.2 Å². The summed E-state index contributed by atoms with van der Waals surface area (Å²) in [6.45, 7) is 5.32. The second-order valence-electron chi connectivity index (χ2n) is 8.56. The van der Waals surface area contributed by atoms with Gasteiger partial charge in [-0.1, -0.05) is 44.2 Å². The number of hydrogen-bond acceptors (Lipinski definition) is 6. The van der Waals surface area contributed by atoms with Crippen LogP contribution >= 0.6 is 0 Å². The number of nitrogens with one attached hydrogen (secondary N) is 1. The molecular formula is C26H37N3O6S. The van der Waals surface area contributed by atoms with E-state index in [2.05, 4.69) is 5.32 Å². The van der Waals surface area contributed by atoms with Crippen molar-refractivity contribution in [2.24, 2.45) is 0 Å². The van der Waals surface area contributed by atoms with Crippen molar-refractivity contribution in [3.8, 4) is 11.5 Å². The highest BCUT2D eigenvalue weighted by molar-refractivity contribution is 7.92. The predicted octanol–water partition coefficient (Wildman–Crippen LogP) is 3.19. The van der Waals surface area contributed by atoms with Gasteiger partial charge in [-0.25, -0.2) is 8.42 Å². The van der Waals surface area contributed by atoms with E-state index < -0.39 is 28.5 Å². The van der Waals surface area contributed by atoms with Crippen LogP contribution in [0.3, 0.4) is 0 Å². The number of nitrogens with zero attached hydrogens (tertiary/aromatic N) is 2. The molecule has 10 heteroatoms. The van der Waals surface area contributed by atoms with Gasteiger partial charge < -0.3 is 19.7 Å². The van der Waals surface area contributed by atoms with Crippen molar-refractivity contribution in [1.29, 1.82) is 0 Å². The Morgan fingerprint density at radius 1 is 1.00 bits per heavy atom. The van der Waals surface area contributed by atoms with Crippen molar-refractivity contribution in [2.75, 3.05) is 31.3 Å². The fourth-order valence-electron chi connectivity index (χ4n) is 3.73. The van der Waals surface area contributed by atoms with E-state index in [0.29, 0.717) is 12.2 Å². The molecule has 0 aliphatic rings. The summed E-state index contributed by atoms with van der Waals surface area (Å²) in [7, 11) is -1.02. The van der Waals surface area contributed by atoms with Gasteiger partial charge in [0.2, 0.25) is 21.8 Å². The molecule has 0 saturated heterocycles. The molecule has 2 aromatic carbocycles. The molecule has 2 amide bonds. The molecule has 0 heterocycles. The van der Waals surface area contributed by atoms with E-state index in [-0.39, 0.29) is 29.9 Å². The van der Waals surface area contributed by atoms with Gasteiger partial charge in [-0.05, 0) is 37.5 Å². The van der Waals surface area contributed by atoms with Gasteiger partial charge in [-0.15, -0.1) is 0 Å². The minimum absolute atomic E-state index is 0.0613. The predicted molar refractivity (Wildman–Crippen MR) is 141 cm³/mol. The normalized spacial score (nSPS) is 12.8. The molecule has 0 aromatic heterocycles. The molecule has 2 rings (SSSR count). The van der Waals surface area contributed by atoms with Crippen LogP contribution in [0.15, 0.2) is 48.5 Å². The third kappa shape index (κ3) is 7.61. The Labute approximate surface area is 214 Å². The Balaban J connectivity index is 2.50. The molecule has 2 aromatic rings. The molecule has 0 spiro atoms. The van der Waals surface area contributed by atoms with Crippen LogP contribution in [0, 0.1) is 0 Å². The third-order valence-corrected chi connectivity index (χ3v) is 7.04. The summed E-state index contributed by atoms with van der Waals surface area (Å²) in [5.74, 6) is -0.112. The topological polar surface area (TPSA) is 105 Å². The Morgan fingerprint density at radius 2 is 1.67 bits per heavy atom. The van der Waals surface area contributed by atoms with Gasteiger partial charge in [0.25, 0.3) is 0 Å². The summed E-state index contributed by atoms with van der Waals surface area (Å²) in [5, 5.41) is 2.95. The lowest BCUT2D eigenvalue weighted by molar-refractivity contribution is -0.140. The van der Waals surface area contributed by atoms with Crippen LogP contribution in [0.25, 0.3) is 0 Å². The number of ether oxygens (including phenoxy) is 2. The van der Waals surface area contributed by atoms with Crippen molar-refractivity contribution in [2.45, 2.75) is 52.2 Å². The first-order chi connectivity index (χ1) is 17.0. The van der Waals surface area contributed by atoms with Crippen LogP contribution < -0.4 is 19.1 Å². The summed E-state index contributed by atoms with van der Waals surface area (Å²) < 4.78 is 37.3. The molecule has 0 aliphatic carbocycles. The summed E-state index contributed by atoms with van der Waals surface area (Å²) in [6.07, 6.45) is 2.13. The zero-order valence-electron chi connectivity index (χ0n) is 21.9. The molecule has 1 N–H and O–H groups in total. The Bertz CT molecular complexity index is 1120. The van der Waals surface area contributed by atoms with Crippen LogP contribution in [-0.4, -0.2) is 64.2 Å². The monoisotopic (exact) mass is 519 g/mol. The number of sulfonamides is 1. The fourth-order valence-corrected chi connectivity index (χ4v) is 4.57. The minimum atomic E-state index is -3.90. The van der Waals surface area contributed by atoms with Crippen molar-refractivity contribution < 1.29 is 27.5 Å². The first-order valence-corrected chi connectivity index (χ1v) is 13.7. The Kier molecular flexibility index (Phi) is 10.6. The van der Waals surface area contributed by atoms with E-state index in [0.717, 1.165) is 22.5 Å². The molecule has 9 nitrogen and oxygen atoms in total. The quantitative estimate of drug-likeness (QED) is 0.436. The Hall–Kier alpha value is -3.27.